The van der Waals surface area contributed by atoms with E-state index in [0.717, 1.165) is 18.2 Å². The van der Waals surface area contributed by atoms with Crippen molar-refractivity contribution >= 4 is 29.4 Å². The number of nitrogens with one attached hydrogen (secondary N) is 2. The molecule has 13 heteroatoms. The Balaban J connectivity index is 1.79. The highest BCUT2D eigenvalue weighted by Gasteiger charge is 2.25. The van der Waals surface area contributed by atoms with Crippen LogP contribution in [0.25, 0.3) is 0 Å². The molecular formula is C26H23N5O8. The molecule has 0 bridgehead atoms. The zero-order valence-electron chi connectivity index (χ0n) is 20.4. The number of carbonyl (C=O) groups excluding carboxylic acids is 2. The van der Waals surface area contributed by atoms with E-state index < -0.39 is 39.1 Å². The van der Waals surface area contributed by atoms with E-state index in [-0.39, 0.29) is 17.7 Å². The molecule has 13 nitrogen and oxygen atoms in total. The molecule has 0 aliphatic carbocycles. The highest BCUT2D eigenvalue weighted by molar-refractivity contribution is 5.98. The molecule has 0 spiro atoms. The topological polar surface area (TPSA) is 186 Å². The molecule has 1 atom stereocenters. The Hall–Kier alpha value is -5.59. The van der Waals surface area contributed by atoms with Gasteiger partial charge in [0, 0.05) is 18.6 Å². The van der Waals surface area contributed by atoms with Crippen LogP contribution in [0.2, 0.25) is 0 Å². The van der Waals surface area contributed by atoms with Gasteiger partial charge in [-0.2, -0.15) is 5.10 Å². The third-order valence-corrected chi connectivity index (χ3v) is 5.22. The number of amides is 2. The highest BCUT2D eigenvalue weighted by atomic mass is 16.6. The van der Waals surface area contributed by atoms with Crippen molar-refractivity contribution in [2.24, 2.45) is 5.10 Å². The second-order valence-corrected chi connectivity index (χ2v) is 8.05. The lowest BCUT2D eigenvalue weighted by molar-refractivity contribution is -0.394. The Morgan fingerprint density at radius 2 is 1.62 bits per heavy atom. The second-order valence-electron chi connectivity index (χ2n) is 8.05. The molecule has 3 aromatic rings. The molecule has 3 rings (SSSR count). The number of ether oxygens (including phenoxy) is 1. The summed E-state index contributed by atoms with van der Waals surface area (Å²) in [5.74, 6) is -1.05. The van der Waals surface area contributed by atoms with Gasteiger partial charge in [-0.05, 0) is 47.5 Å². The number of nitro benzene ring substituents is 2. The Bertz CT molecular complexity index is 1370. The lowest BCUT2D eigenvalue weighted by Crippen LogP contribution is -2.46. The van der Waals surface area contributed by atoms with Crippen LogP contribution in [0.15, 0.2) is 84.5 Å². The van der Waals surface area contributed by atoms with Crippen LogP contribution in [-0.2, 0) is 11.2 Å². The average Bonchev–Trinajstić information content (AvgIpc) is 2.92. The number of hydrogen-bond donors (Lipinski definition) is 3. The molecule has 0 saturated heterocycles. The number of benzene rings is 3. The standard InChI is InChI=1S/C26H23N5O8/c1-2-11-39-23-9-5-18(6-10-23)16-27-29-26(34)24(12-17-3-7-22(32)8-4-17)28-25(33)19-13-20(30(35)36)15-21(14-19)31(37)38/h2-10,13-16,24,32H,1,11-12H2,(H,28,33)(H,29,34)/b27-16-/t24-/m0/s1. The fraction of sp³-hybridized carbons (Fsp3) is 0.115. The molecule has 2 amide bonds. The summed E-state index contributed by atoms with van der Waals surface area (Å²) in [6, 6.07) is 14.0. The predicted molar refractivity (Wildman–Crippen MR) is 141 cm³/mol. The smallest absolute Gasteiger partial charge is 0.277 e. The summed E-state index contributed by atoms with van der Waals surface area (Å²) in [6.07, 6.45) is 2.94. The van der Waals surface area contributed by atoms with Crippen molar-refractivity contribution in [3.05, 3.63) is 116 Å². The molecule has 0 heterocycles. The van der Waals surface area contributed by atoms with E-state index in [1.807, 2.05) is 0 Å². The van der Waals surface area contributed by atoms with Gasteiger partial charge in [0.1, 0.15) is 24.1 Å². The van der Waals surface area contributed by atoms with E-state index in [1.54, 1.807) is 42.5 Å². The highest BCUT2D eigenvalue weighted by Crippen LogP contribution is 2.23. The third kappa shape index (κ3) is 8.21. The Labute approximate surface area is 221 Å². The van der Waals surface area contributed by atoms with Crippen molar-refractivity contribution in [1.82, 2.24) is 10.7 Å². The van der Waals surface area contributed by atoms with Gasteiger partial charge in [-0.15, -0.1) is 0 Å². The SMILES string of the molecule is C=CCOc1ccc(/C=N\NC(=O)[C@H](Cc2ccc(O)cc2)NC(=O)c2cc([N+](=O)[O-])cc([N+](=O)[O-])c2)cc1. The molecule has 39 heavy (non-hydrogen) atoms. The zero-order chi connectivity index (χ0) is 28.4. The van der Waals surface area contributed by atoms with Gasteiger partial charge < -0.3 is 15.2 Å². The first-order valence-corrected chi connectivity index (χ1v) is 11.4. The largest absolute Gasteiger partial charge is 0.508 e. The van der Waals surface area contributed by atoms with Crippen molar-refractivity contribution in [3.63, 3.8) is 0 Å². The van der Waals surface area contributed by atoms with Crippen LogP contribution in [0.3, 0.4) is 0 Å². The first-order valence-electron chi connectivity index (χ1n) is 11.4. The maximum atomic E-state index is 13.0. The number of nitrogens with zero attached hydrogens (tertiary/aromatic N) is 3. The van der Waals surface area contributed by atoms with Gasteiger partial charge in [-0.3, -0.25) is 29.8 Å². The number of hydrogen-bond acceptors (Lipinski definition) is 9. The van der Waals surface area contributed by atoms with Crippen LogP contribution in [0.5, 0.6) is 11.5 Å². The fourth-order valence-corrected chi connectivity index (χ4v) is 3.31. The fourth-order valence-electron chi connectivity index (χ4n) is 3.31. The van der Waals surface area contributed by atoms with Gasteiger partial charge in [0.25, 0.3) is 23.2 Å². The van der Waals surface area contributed by atoms with E-state index in [1.165, 1.54) is 18.3 Å². The predicted octanol–water partition coefficient (Wildman–Crippen LogP) is 3.26. The van der Waals surface area contributed by atoms with E-state index >= 15 is 0 Å². The monoisotopic (exact) mass is 533 g/mol. The van der Waals surface area contributed by atoms with Gasteiger partial charge in [-0.1, -0.05) is 24.8 Å². The van der Waals surface area contributed by atoms with Crippen LogP contribution in [0.4, 0.5) is 11.4 Å². The Morgan fingerprint density at radius 3 is 2.18 bits per heavy atom. The molecule has 0 aromatic heterocycles. The van der Waals surface area contributed by atoms with Gasteiger partial charge in [0.15, 0.2) is 0 Å². The third-order valence-electron chi connectivity index (χ3n) is 5.22. The summed E-state index contributed by atoms with van der Waals surface area (Å²) in [7, 11) is 0. The maximum Gasteiger partial charge on any atom is 0.277 e. The van der Waals surface area contributed by atoms with Gasteiger partial charge in [0.2, 0.25) is 0 Å². The van der Waals surface area contributed by atoms with Gasteiger partial charge in [-0.25, -0.2) is 5.43 Å². The number of phenols is 1. The summed E-state index contributed by atoms with van der Waals surface area (Å²) in [6.45, 7) is 3.92. The zero-order valence-corrected chi connectivity index (χ0v) is 20.4. The van der Waals surface area contributed by atoms with Gasteiger partial charge in [0.05, 0.1) is 27.7 Å². The van der Waals surface area contributed by atoms with Crippen LogP contribution in [0, 0.1) is 20.2 Å². The van der Waals surface area contributed by atoms with Crippen LogP contribution in [-0.4, -0.2) is 45.6 Å². The molecular weight excluding hydrogens is 510 g/mol. The minimum atomic E-state index is -1.23. The molecule has 0 unspecified atom stereocenters. The first-order chi connectivity index (χ1) is 18.7. The summed E-state index contributed by atoms with van der Waals surface area (Å²) in [5.41, 5.74) is 1.86. The average molecular weight is 533 g/mol. The number of hydrazone groups is 1. The van der Waals surface area contributed by atoms with Crippen LogP contribution in [0.1, 0.15) is 21.5 Å². The number of non-ortho nitro benzene ring substituents is 2. The maximum absolute atomic E-state index is 13.0. The summed E-state index contributed by atoms with van der Waals surface area (Å²) in [5, 5.41) is 38.3. The molecule has 3 aromatic carbocycles. The van der Waals surface area contributed by atoms with Crippen molar-refractivity contribution < 1.29 is 29.3 Å². The lowest BCUT2D eigenvalue weighted by Gasteiger charge is -2.17. The van der Waals surface area contributed by atoms with Crippen molar-refractivity contribution in [2.75, 3.05) is 6.61 Å². The summed E-state index contributed by atoms with van der Waals surface area (Å²) < 4.78 is 5.40. The number of phenolic OH excluding ortho intramolecular Hbond substituents is 1. The Kier molecular flexibility index (Phi) is 9.40. The number of carbonyl (C=O) groups is 2. The number of aromatic hydroxyl groups is 1. The molecule has 0 aliphatic rings. The van der Waals surface area contributed by atoms with Crippen molar-refractivity contribution in [1.29, 1.82) is 0 Å². The number of nitro groups is 2. The molecule has 200 valence electrons. The summed E-state index contributed by atoms with van der Waals surface area (Å²) in [4.78, 5) is 46.5. The summed E-state index contributed by atoms with van der Waals surface area (Å²) >= 11 is 0. The van der Waals surface area contributed by atoms with Crippen molar-refractivity contribution in [2.45, 2.75) is 12.5 Å². The Morgan fingerprint density at radius 1 is 1.00 bits per heavy atom. The molecule has 3 N–H and O–H groups in total. The van der Waals surface area contributed by atoms with Gasteiger partial charge >= 0.3 is 0 Å². The minimum absolute atomic E-state index is 0.00166. The molecule has 0 radical (unpaired) electrons. The van der Waals surface area contributed by atoms with Crippen molar-refractivity contribution in [3.8, 4) is 11.5 Å². The molecule has 0 fully saturated rings. The minimum Gasteiger partial charge on any atom is -0.508 e. The lowest BCUT2D eigenvalue weighted by atomic mass is 10.0. The molecule has 0 aliphatic heterocycles. The second kappa shape index (κ2) is 13.1. The first kappa shape index (κ1) is 28.0. The van der Waals surface area contributed by atoms with E-state index in [4.69, 9.17) is 4.74 Å². The van der Waals surface area contributed by atoms with Crippen LogP contribution >= 0.6 is 0 Å². The van der Waals surface area contributed by atoms with E-state index in [2.05, 4.69) is 22.4 Å². The molecule has 0 saturated carbocycles. The van der Waals surface area contributed by atoms with E-state index in [0.29, 0.717) is 23.5 Å². The van der Waals surface area contributed by atoms with E-state index in [9.17, 15) is 34.9 Å². The normalized spacial score (nSPS) is 11.4. The van der Waals surface area contributed by atoms with Crippen LogP contribution < -0.4 is 15.5 Å². The quantitative estimate of drug-likeness (QED) is 0.137. The number of rotatable bonds is 12.